The van der Waals surface area contributed by atoms with Gasteiger partial charge in [0.1, 0.15) is 16.7 Å². The Labute approximate surface area is 87.5 Å². The third kappa shape index (κ3) is 1.80. The van der Waals surface area contributed by atoms with Gasteiger partial charge in [0.15, 0.2) is 0 Å². The van der Waals surface area contributed by atoms with Gasteiger partial charge in [0, 0.05) is 11.3 Å². The van der Waals surface area contributed by atoms with E-state index in [1.54, 1.807) is 6.07 Å². The fourth-order valence-electron chi connectivity index (χ4n) is 1.36. The molecule has 0 N–H and O–H groups in total. The van der Waals surface area contributed by atoms with Crippen molar-refractivity contribution in [1.29, 1.82) is 0 Å². The average molecular weight is 208 g/mol. The third-order valence-electron chi connectivity index (χ3n) is 1.95. The van der Waals surface area contributed by atoms with E-state index in [-0.39, 0.29) is 0 Å². The Morgan fingerprint density at radius 2 is 2.00 bits per heavy atom. The van der Waals surface area contributed by atoms with Gasteiger partial charge in [-0.25, -0.2) is 4.98 Å². The van der Waals surface area contributed by atoms with E-state index in [1.807, 2.05) is 32.0 Å². The smallest absolute Gasteiger partial charge is 0.134 e. The molecule has 0 bridgehead atoms. The van der Waals surface area contributed by atoms with Crippen molar-refractivity contribution < 1.29 is 4.42 Å². The first-order chi connectivity index (χ1) is 6.65. The van der Waals surface area contributed by atoms with Crippen molar-refractivity contribution in [2.24, 2.45) is 0 Å². The molecule has 2 aromatic heterocycles. The molecule has 3 heteroatoms. The highest BCUT2D eigenvalue weighted by atomic mass is 35.5. The molecular weight excluding hydrogens is 198 g/mol. The monoisotopic (exact) mass is 207 g/mol. The maximum Gasteiger partial charge on any atom is 0.134 e. The van der Waals surface area contributed by atoms with Crippen molar-refractivity contribution in [2.45, 2.75) is 13.8 Å². The maximum atomic E-state index is 5.85. The zero-order chi connectivity index (χ0) is 10.1. The molecule has 0 radical (unpaired) electrons. The predicted octanol–water partition coefficient (Wildman–Crippen LogP) is 3.61. The average Bonchev–Trinajstić information content (AvgIpc) is 2.50. The molecule has 14 heavy (non-hydrogen) atoms. The normalized spacial score (nSPS) is 10.5. The van der Waals surface area contributed by atoms with Gasteiger partial charge in [0.25, 0.3) is 0 Å². The summed E-state index contributed by atoms with van der Waals surface area (Å²) in [5.41, 5.74) is 1.86. The fourth-order valence-corrected chi connectivity index (χ4v) is 1.61. The quantitative estimate of drug-likeness (QED) is 0.668. The van der Waals surface area contributed by atoms with Gasteiger partial charge < -0.3 is 4.42 Å². The number of aromatic nitrogens is 1. The van der Waals surface area contributed by atoms with Crippen LogP contribution in [0.25, 0.3) is 11.3 Å². The van der Waals surface area contributed by atoms with Crippen molar-refractivity contribution in [3.63, 3.8) is 0 Å². The lowest BCUT2D eigenvalue weighted by Gasteiger charge is -1.99. The van der Waals surface area contributed by atoms with Crippen LogP contribution in [0, 0.1) is 13.8 Å². The molecule has 0 amide bonds. The van der Waals surface area contributed by atoms with Gasteiger partial charge >= 0.3 is 0 Å². The zero-order valence-corrected chi connectivity index (χ0v) is 8.80. The van der Waals surface area contributed by atoms with Gasteiger partial charge in [-0.3, -0.25) is 0 Å². The largest absolute Gasteiger partial charge is 0.461 e. The summed E-state index contributed by atoms with van der Waals surface area (Å²) < 4.78 is 5.49. The van der Waals surface area contributed by atoms with Crippen molar-refractivity contribution in [3.05, 3.63) is 40.9 Å². The minimum atomic E-state index is 0.494. The van der Waals surface area contributed by atoms with E-state index in [9.17, 15) is 0 Å². The summed E-state index contributed by atoms with van der Waals surface area (Å²) in [5, 5.41) is 0.494. The van der Waals surface area contributed by atoms with Crippen molar-refractivity contribution in [2.75, 3.05) is 0 Å². The van der Waals surface area contributed by atoms with Crippen LogP contribution in [0.5, 0.6) is 0 Å². The summed E-state index contributed by atoms with van der Waals surface area (Å²) >= 11 is 5.85. The number of rotatable bonds is 1. The SMILES string of the molecule is Cc1cc(-c2ccc(C)o2)cc(Cl)n1. The molecule has 0 saturated heterocycles. The molecule has 2 aromatic rings. The van der Waals surface area contributed by atoms with E-state index >= 15 is 0 Å². The zero-order valence-electron chi connectivity index (χ0n) is 8.04. The predicted molar refractivity (Wildman–Crippen MR) is 56.4 cm³/mol. The Morgan fingerprint density at radius 3 is 2.57 bits per heavy atom. The second-order valence-corrected chi connectivity index (χ2v) is 3.62. The highest BCUT2D eigenvalue weighted by molar-refractivity contribution is 6.29. The number of aryl methyl sites for hydroxylation is 2. The molecule has 2 heterocycles. The van der Waals surface area contributed by atoms with Crippen LogP contribution in [0.1, 0.15) is 11.5 Å². The van der Waals surface area contributed by atoms with E-state index in [4.69, 9.17) is 16.0 Å². The van der Waals surface area contributed by atoms with Crippen molar-refractivity contribution >= 4 is 11.6 Å². The highest BCUT2D eigenvalue weighted by Crippen LogP contribution is 2.24. The Bertz CT molecular complexity index is 442. The van der Waals surface area contributed by atoms with E-state index in [1.165, 1.54) is 0 Å². The molecule has 2 nitrogen and oxygen atoms in total. The molecule has 2 rings (SSSR count). The Morgan fingerprint density at radius 1 is 1.21 bits per heavy atom. The lowest BCUT2D eigenvalue weighted by molar-refractivity contribution is 0.548. The Kier molecular flexibility index (Phi) is 2.30. The molecule has 0 unspecified atom stereocenters. The van der Waals surface area contributed by atoms with Crippen LogP contribution >= 0.6 is 11.6 Å². The van der Waals surface area contributed by atoms with Gasteiger partial charge in [-0.15, -0.1) is 0 Å². The summed E-state index contributed by atoms with van der Waals surface area (Å²) in [6.07, 6.45) is 0. The second kappa shape index (κ2) is 3.46. The fraction of sp³-hybridized carbons (Fsp3) is 0.182. The van der Waals surface area contributed by atoms with Crippen LogP contribution in [-0.2, 0) is 0 Å². The van der Waals surface area contributed by atoms with Crippen molar-refractivity contribution in [1.82, 2.24) is 4.98 Å². The summed E-state index contributed by atoms with van der Waals surface area (Å²) in [6.45, 7) is 3.82. The van der Waals surface area contributed by atoms with E-state index in [0.29, 0.717) is 5.15 Å². The molecule has 0 aliphatic heterocycles. The summed E-state index contributed by atoms with van der Waals surface area (Å²) in [4.78, 5) is 4.09. The first-order valence-electron chi connectivity index (χ1n) is 4.36. The number of hydrogen-bond donors (Lipinski definition) is 0. The van der Waals surface area contributed by atoms with Gasteiger partial charge in [0.2, 0.25) is 0 Å². The third-order valence-corrected chi connectivity index (χ3v) is 2.14. The molecule has 0 aromatic carbocycles. The van der Waals surface area contributed by atoms with Gasteiger partial charge in [-0.2, -0.15) is 0 Å². The molecular formula is C11H10ClNO. The Hall–Kier alpha value is -1.28. The topological polar surface area (TPSA) is 26.0 Å². The molecule has 0 atom stereocenters. The van der Waals surface area contributed by atoms with Crippen molar-refractivity contribution in [3.8, 4) is 11.3 Å². The molecule has 0 aliphatic carbocycles. The van der Waals surface area contributed by atoms with Gasteiger partial charge in [-0.05, 0) is 38.1 Å². The highest BCUT2D eigenvalue weighted by Gasteiger charge is 2.04. The van der Waals surface area contributed by atoms with Crippen LogP contribution in [0.15, 0.2) is 28.7 Å². The first-order valence-corrected chi connectivity index (χ1v) is 4.74. The van der Waals surface area contributed by atoms with Gasteiger partial charge in [-0.1, -0.05) is 11.6 Å². The van der Waals surface area contributed by atoms with E-state index in [2.05, 4.69) is 4.98 Å². The number of pyridine rings is 1. The van der Waals surface area contributed by atoms with Crippen LogP contribution in [0.3, 0.4) is 0 Å². The molecule has 0 fully saturated rings. The molecule has 0 aliphatic rings. The van der Waals surface area contributed by atoms with Crippen LogP contribution in [0.2, 0.25) is 5.15 Å². The lowest BCUT2D eigenvalue weighted by Crippen LogP contribution is -1.83. The minimum Gasteiger partial charge on any atom is -0.461 e. The van der Waals surface area contributed by atoms with Gasteiger partial charge in [0.05, 0.1) is 0 Å². The standard InChI is InChI=1S/C11H10ClNO/c1-7-5-9(6-11(12)13-7)10-4-3-8(2)14-10/h3-6H,1-2H3. The summed E-state index contributed by atoms with van der Waals surface area (Å²) in [7, 11) is 0. The molecule has 0 spiro atoms. The Balaban J connectivity index is 2.51. The van der Waals surface area contributed by atoms with E-state index < -0.39 is 0 Å². The van der Waals surface area contributed by atoms with Crippen LogP contribution < -0.4 is 0 Å². The number of nitrogens with zero attached hydrogens (tertiary/aromatic N) is 1. The summed E-state index contributed by atoms with van der Waals surface area (Å²) in [6, 6.07) is 7.61. The lowest BCUT2D eigenvalue weighted by atomic mass is 10.2. The van der Waals surface area contributed by atoms with E-state index in [0.717, 1.165) is 22.8 Å². The first kappa shape index (κ1) is 9.28. The molecule has 72 valence electrons. The van der Waals surface area contributed by atoms with Crippen LogP contribution in [-0.4, -0.2) is 4.98 Å². The number of furan rings is 1. The second-order valence-electron chi connectivity index (χ2n) is 3.23. The molecule has 0 saturated carbocycles. The maximum absolute atomic E-state index is 5.85. The summed E-state index contributed by atoms with van der Waals surface area (Å²) in [5.74, 6) is 1.72. The number of hydrogen-bond acceptors (Lipinski definition) is 2. The minimum absolute atomic E-state index is 0.494. The van der Waals surface area contributed by atoms with Crippen LogP contribution in [0.4, 0.5) is 0 Å². The number of halogens is 1.